The first-order chi connectivity index (χ1) is 12.6. The van der Waals surface area contributed by atoms with E-state index in [-0.39, 0.29) is 0 Å². The predicted molar refractivity (Wildman–Crippen MR) is 101 cm³/mol. The lowest BCUT2D eigenvalue weighted by Gasteiger charge is -2.10. The first kappa shape index (κ1) is 15.8. The number of aromatic nitrogens is 4. The maximum absolute atomic E-state index is 9.15. The molecule has 0 unspecified atom stereocenters. The second kappa shape index (κ2) is 6.30. The number of hydrogen-bond acceptors (Lipinski definition) is 5. The van der Waals surface area contributed by atoms with E-state index in [0.29, 0.717) is 17.2 Å². The molecule has 126 valence electrons. The zero-order valence-electron chi connectivity index (χ0n) is 14.4. The van der Waals surface area contributed by atoms with Gasteiger partial charge in [0.25, 0.3) is 0 Å². The molecule has 6 nitrogen and oxygen atoms in total. The monoisotopic (exact) mass is 340 g/mol. The quantitative estimate of drug-likeness (QED) is 0.611. The molecule has 2 aromatic heterocycles. The zero-order chi connectivity index (χ0) is 18.1. The summed E-state index contributed by atoms with van der Waals surface area (Å²) in [5, 5.41) is 17.6. The SMILES string of the molecule is Cc1ccc(Nc2nc(-c3cccc(C#N)c3)nc3c2cnn3C)cc1. The van der Waals surface area contributed by atoms with Gasteiger partial charge in [-0.1, -0.05) is 29.8 Å². The summed E-state index contributed by atoms with van der Waals surface area (Å²) in [7, 11) is 1.85. The third-order valence-corrected chi connectivity index (χ3v) is 4.16. The first-order valence-corrected chi connectivity index (χ1v) is 8.18. The third-order valence-electron chi connectivity index (χ3n) is 4.16. The normalized spacial score (nSPS) is 10.7. The van der Waals surface area contributed by atoms with E-state index in [1.54, 1.807) is 23.0 Å². The number of hydrogen-bond donors (Lipinski definition) is 1. The highest BCUT2D eigenvalue weighted by Crippen LogP contribution is 2.27. The molecule has 0 radical (unpaired) electrons. The van der Waals surface area contributed by atoms with Crippen LogP contribution in [0.4, 0.5) is 11.5 Å². The fourth-order valence-corrected chi connectivity index (χ4v) is 2.75. The molecule has 0 spiro atoms. The predicted octanol–water partition coefficient (Wildman–Crippen LogP) is 3.95. The van der Waals surface area contributed by atoms with Crippen LogP contribution in [0.15, 0.2) is 54.7 Å². The van der Waals surface area contributed by atoms with Crippen LogP contribution in [0, 0.1) is 18.3 Å². The summed E-state index contributed by atoms with van der Waals surface area (Å²) in [6.07, 6.45) is 1.75. The van der Waals surface area contributed by atoms with Crippen LogP contribution in [0.25, 0.3) is 22.4 Å². The maximum Gasteiger partial charge on any atom is 0.164 e. The van der Waals surface area contributed by atoms with Gasteiger partial charge in [0.05, 0.1) is 23.2 Å². The molecule has 4 aromatic rings. The average molecular weight is 340 g/mol. The summed E-state index contributed by atoms with van der Waals surface area (Å²) in [5.41, 5.74) is 4.23. The van der Waals surface area contributed by atoms with E-state index >= 15 is 0 Å². The van der Waals surface area contributed by atoms with Gasteiger partial charge in [-0.2, -0.15) is 10.4 Å². The molecule has 6 heteroatoms. The lowest BCUT2D eigenvalue weighted by atomic mass is 10.1. The van der Waals surface area contributed by atoms with E-state index in [9.17, 15) is 0 Å². The summed E-state index contributed by atoms with van der Waals surface area (Å²) in [6.45, 7) is 2.05. The molecule has 0 aliphatic carbocycles. The highest BCUT2D eigenvalue weighted by atomic mass is 15.3. The number of anilines is 2. The van der Waals surface area contributed by atoms with Crippen molar-refractivity contribution in [1.29, 1.82) is 5.26 Å². The van der Waals surface area contributed by atoms with Gasteiger partial charge in [0.1, 0.15) is 5.82 Å². The number of nitrogens with one attached hydrogen (secondary N) is 1. The number of rotatable bonds is 3. The Morgan fingerprint density at radius 3 is 2.65 bits per heavy atom. The Morgan fingerprint density at radius 1 is 1.08 bits per heavy atom. The van der Waals surface area contributed by atoms with Crippen molar-refractivity contribution in [1.82, 2.24) is 19.7 Å². The van der Waals surface area contributed by atoms with Gasteiger partial charge >= 0.3 is 0 Å². The highest BCUT2D eigenvalue weighted by molar-refractivity contribution is 5.90. The van der Waals surface area contributed by atoms with E-state index in [1.165, 1.54) is 5.56 Å². The van der Waals surface area contributed by atoms with Crippen LogP contribution in [0.3, 0.4) is 0 Å². The van der Waals surface area contributed by atoms with E-state index < -0.39 is 0 Å². The van der Waals surface area contributed by atoms with Gasteiger partial charge in [-0.3, -0.25) is 4.68 Å². The van der Waals surface area contributed by atoms with Crippen LogP contribution in [0.2, 0.25) is 0 Å². The number of nitrogens with zero attached hydrogens (tertiary/aromatic N) is 5. The van der Waals surface area contributed by atoms with Crippen LogP contribution in [0.5, 0.6) is 0 Å². The Balaban J connectivity index is 1.86. The minimum Gasteiger partial charge on any atom is -0.339 e. The Kier molecular flexibility index (Phi) is 3.82. The number of fused-ring (bicyclic) bond motifs is 1. The van der Waals surface area contributed by atoms with Crippen molar-refractivity contribution in [3.05, 3.63) is 65.9 Å². The number of benzene rings is 2. The van der Waals surface area contributed by atoms with E-state index in [2.05, 4.69) is 21.5 Å². The molecule has 0 amide bonds. The molecule has 0 saturated heterocycles. The van der Waals surface area contributed by atoms with Crippen molar-refractivity contribution in [2.24, 2.45) is 7.05 Å². The third kappa shape index (κ3) is 2.87. The molecule has 0 aliphatic rings. The second-order valence-corrected chi connectivity index (χ2v) is 6.08. The summed E-state index contributed by atoms with van der Waals surface area (Å²) >= 11 is 0. The topological polar surface area (TPSA) is 79.4 Å². The van der Waals surface area contributed by atoms with Crippen LogP contribution in [-0.4, -0.2) is 19.7 Å². The largest absolute Gasteiger partial charge is 0.339 e. The van der Waals surface area contributed by atoms with E-state index in [1.807, 2.05) is 50.4 Å². The maximum atomic E-state index is 9.15. The zero-order valence-corrected chi connectivity index (χ0v) is 14.4. The number of aryl methyl sites for hydroxylation is 2. The van der Waals surface area contributed by atoms with Gasteiger partial charge in [-0.25, -0.2) is 9.97 Å². The minimum absolute atomic E-state index is 0.549. The Bertz CT molecular complexity index is 1140. The van der Waals surface area contributed by atoms with Crippen molar-refractivity contribution < 1.29 is 0 Å². The Hall–Kier alpha value is -3.72. The van der Waals surface area contributed by atoms with Gasteiger partial charge in [-0.05, 0) is 31.2 Å². The van der Waals surface area contributed by atoms with Crippen LogP contribution in [-0.2, 0) is 7.05 Å². The molecule has 0 atom stereocenters. The van der Waals surface area contributed by atoms with Gasteiger partial charge in [0.15, 0.2) is 11.5 Å². The van der Waals surface area contributed by atoms with Gasteiger partial charge in [-0.15, -0.1) is 0 Å². The fourth-order valence-electron chi connectivity index (χ4n) is 2.75. The lowest BCUT2D eigenvalue weighted by Crippen LogP contribution is -2.01. The summed E-state index contributed by atoms with van der Waals surface area (Å²) in [6, 6.07) is 17.5. The molecular formula is C20H16N6. The van der Waals surface area contributed by atoms with Crippen molar-refractivity contribution in [3.63, 3.8) is 0 Å². The van der Waals surface area contributed by atoms with Gasteiger partial charge < -0.3 is 5.32 Å². The van der Waals surface area contributed by atoms with Crippen molar-refractivity contribution >= 4 is 22.5 Å². The molecule has 0 aliphatic heterocycles. The summed E-state index contributed by atoms with van der Waals surface area (Å²) < 4.78 is 1.72. The molecule has 0 bridgehead atoms. The molecule has 0 fully saturated rings. The van der Waals surface area contributed by atoms with Crippen LogP contribution < -0.4 is 5.32 Å². The lowest BCUT2D eigenvalue weighted by molar-refractivity contribution is 0.786. The van der Waals surface area contributed by atoms with Crippen LogP contribution in [0.1, 0.15) is 11.1 Å². The smallest absolute Gasteiger partial charge is 0.164 e. The Morgan fingerprint density at radius 2 is 1.88 bits per heavy atom. The number of nitriles is 1. The molecule has 1 N–H and O–H groups in total. The summed E-state index contributed by atoms with van der Waals surface area (Å²) in [5.74, 6) is 1.23. The molecule has 26 heavy (non-hydrogen) atoms. The van der Waals surface area contributed by atoms with Crippen molar-refractivity contribution in [3.8, 4) is 17.5 Å². The fraction of sp³-hybridized carbons (Fsp3) is 0.100. The molecule has 4 rings (SSSR count). The Labute approximate surface area is 150 Å². The second-order valence-electron chi connectivity index (χ2n) is 6.08. The molecule has 0 saturated carbocycles. The van der Waals surface area contributed by atoms with Gasteiger partial charge in [0, 0.05) is 18.3 Å². The highest BCUT2D eigenvalue weighted by Gasteiger charge is 2.13. The van der Waals surface area contributed by atoms with E-state index in [0.717, 1.165) is 22.3 Å². The average Bonchev–Trinajstić information content (AvgIpc) is 3.05. The first-order valence-electron chi connectivity index (χ1n) is 8.18. The van der Waals surface area contributed by atoms with Crippen molar-refractivity contribution in [2.45, 2.75) is 6.92 Å². The summed E-state index contributed by atoms with van der Waals surface area (Å²) in [4.78, 5) is 9.33. The molecule has 2 aromatic carbocycles. The van der Waals surface area contributed by atoms with Crippen LogP contribution >= 0.6 is 0 Å². The van der Waals surface area contributed by atoms with E-state index in [4.69, 9.17) is 10.2 Å². The van der Waals surface area contributed by atoms with Crippen molar-refractivity contribution in [2.75, 3.05) is 5.32 Å². The standard InChI is InChI=1S/C20H16N6/c1-13-6-8-16(9-7-13)23-19-17-12-22-26(2)20(17)25-18(24-19)15-5-3-4-14(10-15)11-21/h3-10,12H,1-2H3,(H,23,24,25). The molecular weight excluding hydrogens is 324 g/mol. The van der Waals surface area contributed by atoms with Gasteiger partial charge in [0.2, 0.25) is 0 Å². The molecule has 2 heterocycles. The minimum atomic E-state index is 0.549.